The molecule has 0 amide bonds. The third-order valence-corrected chi connectivity index (χ3v) is 4.25. The van der Waals surface area contributed by atoms with E-state index in [1.807, 2.05) is 6.92 Å². The van der Waals surface area contributed by atoms with Crippen molar-refractivity contribution in [2.45, 2.75) is 50.4 Å². The van der Waals surface area contributed by atoms with Gasteiger partial charge in [-0.2, -0.15) is 13.2 Å². The predicted octanol–water partition coefficient (Wildman–Crippen LogP) is 2.01. The van der Waals surface area contributed by atoms with Gasteiger partial charge in [0.05, 0.1) is 11.5 Å². The number of sulfonamides is 1. The van der Waals surface area contributed by atoms with Gasteiger partial charge in [0.25, 0.3) is 0 Å². The summed E-state index contributed by atoms with van der Waals surface area (Å²) >= 11 is 0. The van der Waals surface area contributed by atoms with Crippen molar-refractivity contribution in [3.63, 3.8) is 0 Å². The molecule has 9 heteroatoms. The van der Waals surface area contributed by atoms with Crippen LogP contribution < -0.4 is 4.72 Å². The molecule has 0 aliphatic carbocycles. The zero-order valence-corrected chi connectivity index (χ0v) is 12.5. The van der Waals surface area contributed by atoms with E-state index in [2.05, 4.69) is 4.72 Å². The summed E-state index contributed by atoms with van der Waals surface area (Å²) in [7, 11) is -3.86. The normalized spacial score (nSPS) is 12.8. The highest BCUT2D eigenvalue weighted by Gasteiger charge is 2.26. The van der Waals surface area contributed by atoms with E-state index in [0.717, 1.165) is 6.42 Å². The van der Waals surface area contributed by atoms with Crippen LogP contribution in [0.25, 0.3) is 0 Å². The van der Waals surface area contributed by atoms with Crippen LogP contribution in [0.15, 0.2) is 17.2 Å². The van der Waals surface area contributed by atoms with Crippen molar-refractivity contribution in [3.05, 3.63) is 18.0 Å². The third-order valence-electron chi connectivity index (χ3n) is 2.83. The summed E-state index contributed by atoms with van der Waals surface area (Å²) in [5.74, 6) is 0. The average molecular weight is 328 g/mol. The number of nitrogens with one attached hydrogen (secondary N) is 1. The number of aliphatic hydroxyl groups is 1. The quantitative estimate of drug-likeness (QED) is 0.717. The van der Waals surface area contributed by atoms with Crippen LogP contribution in [0.1, 0.15) is 31.9 Å². The van der Waals surface area contributed by atoms with E-state index in [4.69, 9.17) is 5.11 Å². The second kappa shape index (κ2) is 7.28. The summed E-state index contributed by atoms with van der Waals surface area (Å²) in [4.78, 5) is -0.0491. The molecule has 122 valence electrons. The van der Waals surface area contributed by atoms with Gasteiger partial charge in [0.1, 0.15) is 0 Å². The first-order valence-electron chi connectivity index (χ1n) is 6.56. The number of nitrogens with zero attached hydrogens (tertiary/aromatic N) is 1. The topological polar surface area (TPSA) is 71.3 Å². The number of aromatic nitrogens is 1. The van der Waals surface area contributed by atoms with Crippen molar-refractivity contribution in [1.29, 1.82) is 0 Å². The number of halogens is 3. The Kier molecular flexibility index (Phi) is 6.24. The number of aliphatic hydroxyl groups excluding tert-OH is 1. The van der Waals surface area contributed by atoms with Gasteiger partial charge >= 0.3 is 6.18 Å². The monoisotopic (exact) mass is 328 g/mol. The second-order valence-corrected chi connectivity index (χ2v) is 6.40. The van der Waals surface area contributed by atoms with Gasteiger partial charge in [-0.15, -0.1) is 0 Å². The smallest absolute Gasteiger partial charge is 0.389 e. The SMILES string of the molecule is CCCn1cc(S(=O)(=O)NCCCC(F)(F)F)cc1CO. The molecule has 1 aromatic rings. The first-order valence-corrected chi connectivity index (χ1v) is 8.04. The molecule has 0 saturated carbocycles. The maximum atomic E-state index is 12.0. The first kappa shape index (κ1) is 18.0. The minimum atomic E-state index is -4.29. The molecule has 0 aliphatic rings. The fraction of sp³-hybridized carbons (Fsp3) is 0.667. The van der Waals surface area contributed by atoms with Crippen LogP contribution in [0.3, 0.4) is 0 Å². The lowest BCUT2D eigenvalue weighted by Crippen LogP contribution is -2.25. The molecule has 21 heavy (non-hydrogen) atoms. The number of hydrogen-bond acceptors (Lipinski definition) is 3. The Labute approximate surface area is 121 Å². The molecule has 1 heterocycles. The van der Waals surface area contributed by atoms with Crippen molar-refractivity contribution < 1.29 is 26.7 Å². The Bertz CT molecular complexity index is 553. The summed E-state index contributed by atoms with van der Waals surface area (Å²) < 4.78 is 63.6. The molecule has 0 unspecified atom stereocenters. The maximum Gasteiger partial charge on any atom is 0.389 e. The Morgan fingerprint density at radius 1 is 1.38 bits per heavy atom. The fourth-order valence-electron chi connectivity index (χ4n) is 1.83. The molecule has 0 atom stereocenters. The number of aryl methyl sites for hydroxylation is 1. The van der Waals surface area contributed by atoms with E-state index in [0.29, 0.717) is 12.2 Å². The zero-order valence-electron chi connectivity index (χ0n) is 11.7. The molecule has 0 fully saturated rings. The summed E-state index contributed by atoms with van der Waals surface area (Å²) in [5, 5.41) is 9.17. The van der Waals surface area contributed by atoms with E-state index >= 15 is 0 Å². The number of rotatable bonds is 8. The van der Waals surface area contributed by atoms with E-state index in [1.54, 1.807) is 4.57 Å². The number of alkyl halides is 3. The van der Waals surface area contributed by atoms with Gasteiger partial charge in [-0.25, -0.2) is 13.1 Å². The largest absolute Gasteiger partial charge is 0.390 e. The zero-order chi connectivity index (χ0) is 16.1. The van der Waals surface area contributed by atoms with Crippen LogP contribution in [-0.2, 0) is 23.2 Å². The highest BCUT2D eigenvalue weighted by Crippen LogP contribution is 2.21. The van der Waals surface area contributed by atoms with E-state index in [-0.39, 0.29) is 24.5 Å². The minimum Gasteiger partial charge on any atom is -0.390 e. The summed E-state index contributed by atoms with van der Waals surface area (Å²) in [6.07, 6.45) is -3.50. The van der Waals surface area contributed by atoms with Gasteiger partial charge in [-0.1, -0.05) is 6.92 Å². The molecule has 1 aromatic heterocycles. The Balaban J connectivity index is 2.70. The summed E-state index contributed by atoms with van der Waals surface area (Å²) in [6.45, 7) is 1.88. The Morgan fingerprint density at radius 3 is 2.57 bits per heavy atom. The molecular formula is C12H19F3N2O3S. The molecule has 0 aliphatic heterocycles. The van der Waals surface area contributed by atoms with Crippen molar-refractivity contribution in [3.8, 4) is 0 Å². The van der Waals surface area contributed by atoms with Gasteiger partial charge in [0.2, 0.25) is 10.0 Å². The first-order chi connectivity index (χ1) is 9.69. The van der Waals surface area contributed by atoms with Crippen molar-refractivity contribution in [2.75, 3.05) is 6.54 Å². The van der Waals surface area contributed by atoms with Crippen LogP contribution in [0.5, 0.6) is 0 Å². The Morgan fingerprint density at radius 2 is 2.05 bits per heavy atom. The van der Waals surface area contributed by atoms with Gasteiger partial charge in [0.15, 0.2) is 0 Å². The molecule has 0 aromatic carbocycles. The molecule has 0 radical (unpaired) electrons. The average Bonchev–Trinajstić information content (AvgIpc) is 2.78. The van der Waals surface area contributed by atoms with Crippen LogP contribution in [0.2, 0.25) is 0 Å². The molecule has 0 bridgehead atoms. The highest BCUT2D eigenvalue weighted by molar-refractivity contribution is 7.89. The van der Waals surface area contributed by atoms with Crippen LogP contribution in [-0.4, -0.2) is 30.8 Å². The minimum absolute atomic E-state index is 0.0491. The van der Waals surface area contributed by atoms with Crippen LogP contribution >= 0.6 is 0 Å². The van der Waals surface area contributed by atoms with Gasteiger partial charge < -0.3 is 9.67 Å². The standard InChI is InChI=1S/C12H19F3N2O3S/c1-2-6-17-8-11(7-10(17)9-18)21(19,20)16-5-3-4-12(13,14)15/h7-8,16,18H,2-6,9H2,1H3. The lowest BCUT2D eigenvalue weighted by atomic mass is 10.3. The molecule has 5 nitrogen and oxygen atoms in total. The summed E-state index contributed by atoms with van der Waals surface area (Å²) in [6, 6.07) is 1.32. The van der Waals surface area contributed by atoms with Crippen LogP contribution in [0, 0.1) is 0 Å². The van der Waals surface area contributed by atoms with E-state index < -0.39 is 22.6 Å². The molecule has 1 rings (SSSR count). The Hall–Kier alpha value is -1.06. The maximum absolute atomic E-state index is 12.0. The van der Waals surface area contributed by atoms with Crippen molar-refractivity contribution in [1.82, 2.24) is 9.29 Å². The number of hydrogen-bond donors (Lipinski definition) is 2. The highest BCUT2D eigenvalue weighted by atomic mass is 32.2. The van der Waals surface area contributed by atoms with Crippen molar-refractivity contribution in [2.24, 2.45) is 0 Å². The second-order valence-electron chi connectivity index (χ2n) is 4.64. The van der Waals surface area contributed by atoms with Gasteiger partial charge in [-0.3, -0.25) is 0 Å². The van der Waals surface area contributed by atoms with Crippen LogP contribution in [0.4, 0.5) is 13.2 Å². The molecule has 0 spiro atoms. The lowest BCUT2D eigenvalue weighted by Gasteiger charge is -2.07. The van der Waals surface area contributed by atoms with E-state index in [9.17, 15) is 21.6 Å². The van der Waals surface area contributed by atoms with Gasteiger partial charge in [-0.05, 0) is 18.9 Å². The summed E-state index contributed by atoms with van der Waals surface area (Å²) in [5.41, 5.74) is 0.451. The van der Waals surface area contributed by atoms with Gasteiger partial charge in [0, 0.05) is 31.4 Å². The molecule has 2 N–H and O–H groups in total. The third kappa shape index (κ3) is 5.68. The molecule has 0 saturated heterocycles. The van der Waals surface area contributed by atoms with E-state index in [1.165, 1.54) is 12.3 Å². The van der Waals surface area contributed by atoms with Crippen molar-refractivity contribution >= 4 is 10.0 Å². The lowest BCUT2D eigenvalue weighted by molar-refractivity contribution is -0.135. The fourth-order valence-corrected chi connectivity index (χ4v) is 2.97. The molecular weight excluding hydrogens is 309 g/mol. The predicted molar refractivity (Wildman–Crippen MR) is 71.1 cm³/mol.